The molecule has 0 aliphatic carbocycles. The fourth-order valence-corrected chi connectivity index (χ4v) is 0.711. The average Bonchev–Trinajstić information content (AvgIpc) is 2.05. The Kier molecular flexibility index (Phi) is 4.09. The Labute approximate surface area is 72.3 Å². The maximum absolute atomic E-state index is 8.43. The molecular weight excluding hydrogens is 160 g/mol. The molecule has 2 nitrogen and oxygen atoms in total. The molecule has 0 saturated heterocycles. The number of halogens is 1. The van der Waals surface area contributed by atoms with Crippen molar-refractivity contribution in [1.82, 2.24) is 0 Å². The zero-order valence-electron chi connectivity index (χ0n) is 6.16. The van der Waals surface area contributed by atoms with Gasteiger partial charge in [-0.1, -0.05) is 0 Å². The number of hydrogen-bond donors (Lipinski definition) is 1. The van der Waals surface area contributed by atoms with Crippen LogP contribution in [0.3, 0.4) is 0 Å². The molecule has 0 saturated carbocycles. The number of nitrogens with one attached hydrogen (secondary N) is 1. The lowest BCUT2D eigenvalue weighted by Gasteiger charge is -1.96. The number of nitriles is 1. The van der Waals surface area contributed by atoms with Crippen LogP contribution in [0.25, 0.3) is 0 Å². The number of nitrogens with zero attached hydrogens (tertiary/aromatic N) is 1. The third-order valence-electron chi connectivity index (χ3n) is 1.30. The topological polar surface area (TPSA) is 35.8 Å². The summed E-state index contributed by atoms with van der Waals surface area (Å²) in [5.41, 5.74) is 1.72. The summed E-state index contributed by atoms with van der Waals surface area (Å²) >= 11 is 0. The maximum atomic E-state index is 8.43. The average molecular weight is 169 g/mol. The molecule has 0 aliphatic heterocycles. The highest BCUT2D eigenvalue weighted by Gasteiger charge is 1.87. The van der Waals surface area contributed by atoms with Crippen molar-refractivity contribution in [2.24, 2.45) is 0 Å². The third-order valence-corrected chi connectivity index (χ3v) is 1.30. The van der Waals surface area contributed by atoms with Gasteiger partial charge in [0.15, 0.2) is 0 Å². The van der Waals surface area contributed by atoms with E-state index < -0.39 is 0 Å². The second-order valence-electron chi connectivity index (χ2n) is 1.94. The molecule has 11 heavy (non-hydrogen) atoms. The van der Waals surface area contributed by atoms with Crippen molar-refractivity contribution in [3.05, 3.63) is 29.8 Å². The van der Waals surface area contributed by atoms with Gasteiger partial charge in [0, 0.05) is 12.7 Å². The molecule has 0 atom stereocenters. The van der Waals surface area contributed by atoms with E-state index in [0.29, 0.717) is 5.56 Å². The van der Waals surface area contributed by atoms with Crippen LogP contribution in [0.15, 0.2) is 24.3 Å². The van der Waals surface area contributed by atoms with Crippen LogP contribution in [0.4, 0.5) is 5.69 Å². The van der Waals surface area contributed by atoms with Crippen molar-refractivity contribution in [2.45, 2.75) is 0 Å². The Balaban J connectivity index is 0.000001000. The van der Waals surface area contributed by atoms with Crippen LogP contribution in [0.5, 0.6) is 0 Å². The van der Waals surface area contributed by atoms with E-state index in [9.17, 15) is 0 Å². The predicted octanol–water partition coefficient (Wildman–Crippen LogP) is 2.02. The summed E-state index contributed by atoms with van der Waals surface area (Å²) in [6.07, 6.45) is 0. The first-order valence-corrected chi connectivity index (χ1v) is 3.04. The second-order valence-corrected chi connectivity index (χ2v) is 1.94. The van der Waals surface area contributed by atoms with Gasteiger partial charge >= 0.3 is 0 Å². The maximum Gasteiger partial charge on any atom is 0.0991 e. The molecule has 1 rings (SSSR count). The van der Waals surface area contributed by atoms with Crippen molar-refractivity contribution in [2.75, 3.05) is 12.4 Å². The van der Waals surface area contributed by atoms with Gasteiger partial charge in [-0.25, -0.2) is 0 Å². The van der Waals surface area contributed by atoms with Crippen molar-refractivity contribution in [1.29, 1.82) is 5.26 Å². The van der Waals surface area contributed by atoms with Gasteiger partial charge in [-0.2, -0.15) is 5.26 Å². The molecule has 0 radical (unpaired) electrons. The minimum Gasteiger partial charge on any atom is -0.388 e. The lowest BCUT2D eigenvalue weighted by molar-refractivity contribution is 1.46. The van der Waals surface area contributed by atoms with Gasteiger partial charge in [0.25, 0.3) is 0 Å². The number of rotatable bonds is 1. The highest BCUT2D eigenvalue weighted by atomic mass is 35.5. The minimum absolute atomic E-state index is 0. The lowest BCUT2D eigenvalue weighted by Crippen LogP contribution is -1.86. The standard InChI is InChI=1S/C8H8N2.ClH/c1-10-8-4-2-7(6-9)3-5-8;/h2-5,10H,1H3;1H. The molecule has 0 bridgehead atoms. The molecule has 0 aliphatic rings. The van der Waals surface area contributed by atoms with Crippen LogP contribution >= 0.6 is 12.4 Å². The summed E-state index contributed by atoms with van der Waals surface area (Å²) in [5, 5.41) is 11.4. The summed E-state index contributed by atoms with van der Waals surface area (Å²) in [6.45, 7) is 0. The quantitative estimate of drug-likeness (QED) is 0.697. The Bertz CT molecular complexity index is 248. The number of benzene rings is 1. The molecule has 1 aromatic carbocycles. The molecule has 0 aromatic heterocycles. The van der Waals surface area contributed by atoms with E-state index in [2.05, 4.69) is 11.4 Å². The van der Waals surface area contributed by atoms with Gasteiger partial charge in [-0.3, -0.25) is 0 Å². The van der Waals surface area contributed by atoms with Crippen molar-refractivity contribution in [3.63, 3.8) is 0 Å². The number of anilines is 1. The van der Waals surface area contributed by atoms with E-state index in [-0.39, 0.29) is 12.4 Å². The molecule has 3 heteroatoms. The molecular formula is C8H9ClN2. The van der Waals surface area contributed by atoms with Gasteiger partial charge in [0.2, 0.25) is 0 Å². The summed E-state index contributed by atoms with van der Waals surface area (Å²) in [7, 11) is 1.85. The normalized spacial score (nSPS) is 7.64. The van der Waals surface area contributed by atoms with Crippen LogP contribution in [0.1, 0.15) is 5.56 Å². The smallest absolute Gasteiger partial charge is 0.0991 e. The van der Waals surface area contributed by atoms with E-state index in [1.165, 1.54) is 0 Å². The van der Waals surface area contributed by atoms with Gasteiger partial charge in [0.05, 0.1) is 11.6 Å². The molecule has 0 amide bonds. The van der Waals surface area contributed by atoms with E-state index in [1.54, 1.807) is 12.1 Å². The molecule has 0 spiro atoms. The van der Waals surface area contributed by atoms with Crippen molar-refractivity contribution in [3.8, 4) is 6.07 Å². The van der Waals surface area contributed by atoms with Gasteiger partial charge in [-0.15, -0.1) is 12.4 Å². The minimum atomic E-state index is 0. The first kappa shape index (κ1) is 9.80. The zero-order chi connectivity index (χ0) is 7.40. The van der Waals surface area contributed by atoms with E-state index in [1.807, 2.05) is 19.2 Å². The van der Waals surface area contributed by atoms with E-state index in [4.69, 9.17) is 5.26 Å². The largest absolute Gasteiger partial charge is 0.388 e. The molecule has 1 N–H and O–H groups in total. The summed E-state index contributed by atoms with van der Waals surface area (Å²) in [5.74, 6) is 0. The lowest BCUT2D eigenvalue weighted by atomic mass is 10.2. The first-order chi connectivity index (χ1) is 4.86. The van der Waals surface area contributed by atoms with Crippen LogP contribution in [-0.2, 0) is 0 Å². The fraction of sp³-hybridized carbons (Fsp3) is 0.125. The van der Waals surface area contributed by atoms with Gasteiger partial charge < -0.3 is 5.32 Å². The first-order valence-electron chi connectivity index (χ1n) is 3.04. The molecule has 0 unspecified atom stereocenters. The van der Waals surface area contributed by atoms with E-state index >= 15 is 0 Å². The summed E-state index contributed by atoms with van der Waals surface area (Å²) in [6, 6.07) is 9.36. The molecule has 0 heterocycles. The summed E-state index contributed by atoms with van der Waals surface area (Å²) in [4.78, 5) is 0. The highest BCUT2D eigenvalue weighted by molar-refractivity contribution is 5.85. The summed E-state index contributed by atoms with van der Waals surface area (Å²) < 4.78 is 0. The highest BCUT2D eigenvalue weighted by Crippen LogP contribution is 2.06. The van der Waals surface area contributed by atoms with Crippen LogP contribution in [0, 0.1) is 11.3 Å². The Morgan fingerprint density at radius 1 is 1.27 bits per heavy atom. The van der Waals surface area contributed by atoms with Crippen LogP contribution < -0.4 is 5.32 Å². The Morgan fingerprint density at radius 3 is 2.18 bits per heavy atom. The molecule has 58 valence electrons. The van der Waals surface area contributed by atoms with E-state index in [0.717, 1.165) is 5.69 Å². The zero-order valence-corrected chi connectivity index (χ0v) is 6.98. The Hall–Kier alpha value is -1.20. The van der Waals surface area contributed by atoms with Crippen molar-refractivity contribution >= 4 is 18.1 Å². The fourth-order valence-electron chi connectivity index (χ4n) is 0.711. The monoisotopic (exact) mass is 168 g/mol. The van der Waals surface area contributed by atoms with Gasteiger partial charge in [0.1, 0.15) is 0 Å². The SMILES string of the molecule is CNc1ccc(C#N)cc1.Cl. The third kappa shape index (κ3) is 2.48. The van der Waals surface area contributed by atoms with Crippen LogP contribution in [-0.4, -0.2) is 7.05 Å². The van der Waals surface area contributed by atoms with Crippen LogP contribution in [0.2, 0.25) is 0 Å². The van der Waals surface area contributed by atoms with Crippen molar-refractivity contribution < 1.29 is 0 Å². The second kappa shape index (κ2) is 4.59. The number of hydrogen-bond acceptors (Lipinski definition) is 2. The van der Waals surface area contributed by atoms with Gasteiger partial charge in [-0.05, 0) is 24.3 Å². The predicted molar refractivity (Wildman–Crippen MR) is 48.0 cm³/mol. The molecule has 0 fully saturated rings. The molecule has 1 aromatic rings. The Morgan fingerprint density at radius 2 is 1.82 bits per heavy atom.